The first-order valence-corrected chi connectivity index (χ1v) is 6.58. The Kier molecular flexibility index (Phi) is 3.39. The summed E-state index contributed by atoms with van der Waals surface area (Å²) in [5.41, 5.74) is 8.90. The van der Waals surface area contributed by atoms with Crippen LogP contribution in [0.25, 0.3) is 11.1 Å². The molecule has 0 atom stereocenters. The number of nitrogen functional groups attached to an aromatic ring is 1. The molecule has 21 heavy (non-hydrogen) atoms. The minimum atomic E-state index is 0.230. The number of nitrogens with zero attached hydrogens (tertiary/aromatic N) is 1. The normalized spacial score (nSPS) is 10.8. The van der Waals surface area contributed by atoms with Crippen LogP contribution in [0.15, 0.2) is 40.8 Å². The van der Waals surface area contributed by atoms with E-state index in [9.17, 15) is 0 Å². The molecule has 0 unspecified atom stereocenters. The first kappa shape index (κ1) is 13.3. The van der Waals surface area contributed by atoms with E-state index in [1.165, 1.54) is 0 Å². The molecule has 3 rings (SSSR count). The molecule has 5 heteroatoms. The van der Waals surface area contributed by atoms with Crippen LogP contribution in [0.3, 0.4) is 0 Å². The Hall–Kier alpha value is -2.69. The lowest BCUT2D eigenvalue weighted by Gasteiger charge is -2.09. The molecule has 0 saturated carbocycles. The van der Waals surface area contributed by atoms with Crippen LogP contribution in [0.2, 0.25) is 0 Å². The number of fused-ring (bicyclic) bond motifs is 1. The molecule has 1 aromatic heterocycles. The number of aromatic nitrogens is 1. The lowest BCUT2D eigenvalue weighted by molar-refractivity contribution is 0.253. The van der Waals surface area contributed by atoms with Crippen LogP contribution in [-0.4, -0.2) is 12.1 Å². The van der Waals surface area contributed by atoms with Gasteiger partial charge in [-0.05, 0) is 42.8 Å². The molecule has 0 aliphatic carbocycles. The molecular weight excluding hydrogens is 268 g/mol. The van der Waals surface area contributed by atoms with Gasteiger partial charge in [0.25, 0.3) is 0 Å². The molecule has 0 fully saturated rings. The number of rotatable bonds is 4. The monoisotopic (exact) mass is 284 g/mol. The van der Waals surface area contributed by atoms with Crippen LogP contribution in [0.4, 0.5) is 5.69 Å². The summed E-state index contributed by atoms with van der Waals surface area (Å²) in [6.07, 6.45) is 0. The number of nitrogens with two attached hydrogens (primary N) is 1. The number of methoxy groups -OCH3 is 1. The van der Waals surface area contributed by atoms with Crippen LogP contribution in [0.5, 0.6) is 11.5 Å². The van der Waals surface area contributed by atoms with Crippen molar-refractivity contribution in [1.82, 2.24) is 4.98 Å². The van der Waals surface area contributed by atoms with Crippen LogP contribution >= 0.6 is 0 Å². The highest BCUT2D eigenvalue weighted by atomic mass is 16.5. The van der Waals surface area contributed by atoms with Gasteiger partial charge in [0, 0.05) is 5.69 Å². The van der Waals surface area contributed by atoms with Gasteiger partial charge in [-0.25, -0.2) is 4.98 Å². The maximum atomic E-state index is 5.72. The van der Waals surface area contributed by atoms with Crippen LogP contribution in [0, 0.1) is 6.92 Å². The Labute approximate surface area is 122 Å². The molecule has 0 amide bonds. The summed E-state index contributed by atoms with van der Waals surface area (Å²) in [5, 5.41) is 0. The fourth-order valence-electron chi connectivity index (χ4n) is 2.09. The fourth-order valence-corrected chi connectivity index (χ4v) is 2.09. The number of aryl methyl sites for hydroxylation is 1. The van der Waals surface area contributed by atoms with Crippen LogP contribution in [-0.2, 0) is 6.61 Å². The van der Waals surface area contributed by atoms with E-state index in [0.29, 0.717) is 28.7 Å². The molecule has 0 bridgehead atoms. The molecule has 0 aliphatic rings. The van der Waals surface area contributed by atoms with Crippen molar-refractivity contribution in [2.24, 2.45) is 0 Å². The first-order chi connectivity index (χ1) is 10.2. The standard InChI is InChI=1S/C16H16N2O3/c1-10-3-5-14(15(7-10)19-2)20-9-16-18-12-8-11(17)4-6-13(12)21-16/h3-8H,9,17H2,1-2H3. The average Bonchev–Trinajstić information content (AvgIpc) is 2.87. The second-order valence-corrected chi connectivity index (χ2v) is 4.78. The second kappa shape index (κ2) is 5.36. The van der Waals surface area contributed by atoms with Gasteiger partial charge in [-0.1, -0.05) is 6.07 Å². The van der Waals surface area contributed by atoms with E-state index in [1.54, 1.807) is 25.3 Å². The maximum absolute atomic E-state index is 5.72. The van der Waals surface area contributed by atoms with E-state index < -0.39 is 0 Å². The zero-order valence-electron chi connectivity index (χ0n) is 11.9. The highest BCUT2D eigenvalue weighted by Crippen LogP contribution is 2.28. The van der Waals surface area contributed by atoms with Crippen molar-refractivity contribution in [3.05, 3.63) is 47.9 Å². The molecule has 0 aliphatic heterocycles. The summed E-state index contributed by atoms with van der Waals surface area (Å²) in [7, 11) is 1.61. The van der Waals surface area contributed by atoms with Crippen molar-refractivity contribution in [3.8, 4) is 11.5 Å². The zero-order chi connectivity index (χ0) is 14.8. The molecule has 3 aromatic rings. The Morgan fingerprint density at radius 2 is 2.00 bits per heavy atom. The molecule has 2 N–H and O–H groups in total. The van der Waals surface area contributed by atoms with Gasteiger partial charge in [-0.3, -0.25) is 0 Å². The minimum Gasteiger partial charge on any atom is -0.493 e. The molecule has 108 valence electrons. The lowest BCUT2D eigenvalue weighted by Crippen LogP contribution is -1.98. The van der Waals surface area contributed by atoms with Gasteiger partial charge in [0.15, 0.2) is 23.7 Å². The van der Waals surface area contributed by atoms with Crippen LogP contribution in [0.1, 0.15) is 11.5 Å². The van der Waals surface area contributed by atoms with Gasteiger partial charge in [0.2, 0.25) is 5.89 Å². The fraction of sp³-hybridized carbons (Fsp3) is 0.188. The van der Waals surface area contributed by atoms with E-state index in [0.717, 1.165) is 11.1 Å². The van der Waals surface area contributed by atoms with Crippen LogP contribution < -0.4 is 15.2 Å². The smallest absolute Gasteiger partial charge is 0.233 e. The molecule has 0 saturated heterocycles. The predicted molar refractivity (Wildman–Crippen MR) is 80.5 cm³/mol. The summed E-state index contributed by atoms with van der Waals surface area (Å²) in [5.74, 6) is 1.85. The Morgan fingerprint density at radius 3 is 2.81 bits per heavy atom. The van der Waals surface area contributed by atoms with Gasteiger partial charge < -0.3 is 19.6 Å². The van der Waals surface area contributed by atoms with Crippen molar-refractivity contribution in [2.75, 3.05) is 12.8 Å². The lowest BCUT2D eigenvalue weighted by atomic mass is 10.2. The number of hydrogen-bond acceptors (Lipinski definition) is 5. The van der Waals surface area contributed by atoms with Crippen molar-refractivity contribution < 1.29 is 13.9 Å². The number of oxazole rings is 1. The highest BCUT2D eigenvalue weighted by Gasteiger charge is 2.09. The third-order valence-corrected chi connectivity index (χ3v) is 3.13. The summed E-state index contributed by atoms with van der Waals surface area (Å²) >= 11 is 0. The molecule has 5 nitrogen and oxygen atoms in total. The van der Waals surface area contributed by atoms with Gasteiger partial charge in [-0.2, -0.15) is 0 Å². The van der Waals surface area contributed by atoms with E-state index >= 15 is 0 Å². The topological polar surface area (TPSA) is 70.5 Å². The quantitative estimate of drug-likeness (QED) is 0.744. The third kappa shape index (κ3) is 2.76. The summed E-state index contributed by atoms with van der Waals surface area (Å²) in [6.45, 7) is 2.23. The average molecular weight is 284 g/mol. The minimum absolute atomic E-state index is 0.230. The summed E-state index contributed by atoms with van der Waals surface area (Å²) in [6, 6.07) is 11.1. The number of anilines is 1. The number of hydrogen-bond donors (Lipinski definition) is 1. The van der Waals surface area contributed by atoms with Crippen molar-refractivity contribution in [2.45, 2.75) is 13.5 Å². The summed E-state index contributed by atoms with van der Waals surface area (Å²) < 4.78 is 16.6. The second-order valence-electron chi connectivity index (χ2n) is 4.78. The van der Waals surface area contributed by atoms with Gasteiger partial charge in [0.05, 0.1) is 7.11 Å². The van der Waals surface area contributed by atoms with Crippen molar-refractivity contribution in [1.29, 1.82) is 0 Å². The highest BCUT2D eigenvalue weighted by molar-refractivity contribution is 5.76. The largest absolute Gasteiger partial charge is 0.493 e. The van der Waals surface area contributed by atoms with E-state index in [-0.39, 0.29) is 6.61 Å². The Balaban J connectivity index is 1.80. The molecule has 2 aromatic carbocycles. The van der Waals surface area contributed by atoms with Gasteiger partial charge >= 0.3 is 0 Å². The van der Waals surface area contributed by atoms with Gasteiger partial charge in [-0.15, -0.1) is 0 Å². The van der Waals surface area contributed by atoms with Gasteiger partial charge in [0.1, 0.15) is 5.52 Å². The SMILES string of the molecule is COc1cc(C)ccc1OCc1nc2cc(N)ccc2o1. The number of benzene rings is 2. The van der Waals surface area contributed by atoms with Crippen molar-refractivity contribution in [3.63, 3.8) is 0 Å². The first-order valence-electron chi connectivity index (χ1n) is 6.58. The zero-order valence-corrected chi connectivity index (χ0v) is 11.9. The molecular formula is C16H16N2O3. The van der Waals surface area contributed by atoms with E-state index in [2.05, 4.69) is 4.98 Å². The number of ether oxygens (including phenoxy) is 2. The maximum Gasteiger partial charge on any atom is 0.233 e. The Morgan fingerprint density at radius 1 is 1.14 bits per heavy atom. The summed E-state index contributed by atoms with van der Waals surface area (Å²) in [4.78, 5) is 4.35. The third-order valence-electron chi connectivity index (χ3n) is 3.13. The Bertz CT molecular complexity index is 780. The molecule has 0 spiro atoms. The van der Waals surface area contributed by atoms with E-state index in [1.807, 2.05) is 25.1 Å². The molecule has 1 heterocycles. The van der Waals surface area contributed by atoms with Crippen molar-refractivity contribution >= 4 is 16.8 Å². The van der Waals surface area contributed by atoms with E-state index in [4.69, 9.17) is 19.6 Å². The predicted octanol–water partition coefficient (Wildman–Crippen LogP) is 3.31. The molecule has 0 radical (unpaired) electrons.